The van der Waals surface area contributed by atoms with E-state index in [2.05, 4.69) is 54.2 Å². The maximum absolute atomic E-state index is 5.61. The molecule has 0 atom stereocenters. The molecule has 3 nitrogen and oxygen atoms in total. The third-order valence-corrected chi connectivity index (χ3v) is 3.01. The topological polar surface area (TPSA) is 32.5 Å². The highest BCUT2D eigenvalue weighted by Crippen LogP contribution is 2.05. The van der Waals surface area contributed by atoms with Gasteiger partial charge >= 0.3 is 0 Å². The normalized spacial score (nSPS) is 11.4. The number of nitrogens with two attached hydrogens (primary N) is 1. The second kappa shape index (κ2) is 9.09. The molecule has 0 saturated heterocycles. The molecule has 1 rings (SSSR count). The van der Waals surface area contributed by atoms with E-state index in [-0.39, 0.29) is 0 Å². The van der Waals surface area contributed by atoms with Crippen LogP contribution in [-0.4, -0.2) is 50.1 Å². The van der Waals surface area contributed by atoms with Gasteiger partial charge in [-0.2, -0.15) is 0 Å². The Morgan fingerprint density at radius 1 is 0.944 bits per heavy atom. The minimum Gasteiger partial charge on any atom is -0.330 e. The van der Waals surface area contributed by atoms with Gasteiger partial charge in [0.05, 0.1) is 0 Å². The van der Waals surface area contributed by atoms with Gasteiger partial charge in [0.15, 0.2) is 0 Å². The summed E-state index contributed by atoms with van der Waals surface area (Å²) < 4.78 is 0. The largest absolute Gasteiger partial charge is 0.330 e. The fraction of sp³-hybridized carbons (Fsp3) is 0.600. The van der Waals surface area contributed by atoms with E-state index < -0.39 is 0 Å². The second-order valence-corrected chi connectivity index (χ2v) is 5.06. The van der Waals surface area contributed by atoms with Crippen LogP contribution in [0.4, 0.5) is 0 Å². The molecule has 0 saturated carbocycles. The van der Waals surface area contributed by atoms with Gasteiger partial charge in [0.1, 0.15) is 0 Å². The maximum atomic E-state index is 5.61. The monoisotopic (exact) mass is 249 g/mol. The Labute approximate surface area is 112 Å². The minimum absolute atomic E-state index is 0.777. The van der Waals surface area contributed by atoms with Crippen molar-refractivity contribution in [2.45, 2.75) is 19.4 Å². The number of benzene rings is 1. The molecular weight excluding hydrogens is 222 g/mol. The molecule has 0 aliphatic rings. The van der Waals surface area contributed by atoms with Gasteiger partial charge in [-0.25, -0.2) is 0 Å². The molecule has 18 heavy (non-hydrogen) atoms. The Hall–Kier alpha value is -0.900. The van der Waals surface area contributed by atoms with E-state index in [0.29, 0.717) is 0 Å². The summed E-state index contributed by atoms with van der Waals surface area (Å²) in [4.78, 5) is 4.75. The number of hydrogen-bond acceptors (Lipinski definition) is 3. The van der Waals surface area contributed by atoms with Crippen molar-refractivity contribution in [1.82, 2.24) is 9.80 Å². The van der Waals surface area contributed by atoms with Gasteiger partial charge in [0.25, 0.3) is 0 Å². The third-order valence-electron chi connectivity index (χ3n) is 3.01. The van der Waals surface area contributed by atoms with E-state index in [1.54, 1.807) is 0 Å². The zero-order chi connectivity index (χ0) is 13.2. The molecule has 0 unspecified atom stereocenters. The smallest absolute Gasteiger partial charge is 0.0233 e. The van der Waals surface area contributed by atoms with Crippen LogP contribution < -0.4 is 5.73 Å². The molecule has 0 aliphatic heterocycles. The average molecular weight is 249 g/mol. The van der Waals surface area contributed by atoms with Gasteiger partial charge in [0, 0.05) is 6.54 Å². The van der Waals surface area contributed by atoms with Crippen molar-refractivity contribution in [3.05, 3.63) is 35.9 Å². The molecule has 1 aromatic carbocycles. The fourth-order valence-corrected chi connectivity index (χ4v) is 2.04. The first kappa shape index (κ1) is 15.2. The first-order valence-electron chi connectivity index (χ1n) is 6.83. The van der Waals surface area contributed by atoms with Gasteiger partial charge in [-0.1, -0.05) is 30.3 Å². The van der Waals surface area contributed by atoms with Crippen LogP contribution in [0.15, 0.2) is 30.3 Å². The second-order valence-electron chi connectivity index (χ2n) is 5.06. The molecule has 0 aliphatic carbocycles. The van der Waals surface area contributed by atoms with Crippen molar-refractivity contribution >= 4 is 0 Å². The van der Waals surface area contributed by atoms with Crippen molar-refractivity contribution in [1.29, 1.82) is 0 Å². The zero-order valence-electron chi connectivity index (χ0n) is 11.8. The van der Waals surface area contributed by atoms with E-state index in [1.165, 1.54) is 12.0 Å². The Balaban J connectivity index is 2.39. The van der Waals surface area contributed by atoms with Gasteiger partial charge in [-0.15, -0.1) is 0 Å². The Kier molecular flexibility index (Phi) is 7.65. The van der Waals surface area contributed by atoms with E-state index in [1.807, 2.05) is 0 Å². The first-order valence-corrected chi connectivity index (χ1v) is 6.83. The van der Waals surface area contributed by atoms with E-state index in [9.17, 15) is 0 Å². The molecule has 0 amide bonds. The van der Waals surface area contributed by atoms with Crippen molar-refractivity contribution in [3.63, 3.8) is 0 Å². The lowest BCUT2D eigenvalue weighted by Crippen LogP contribution is -2.29. The SMILES string of the molecule is CN(C)CCCN(CCCN)Cc1ccccc1. The molecule has 0 spiro atoms. The summed E-state index contributed by atoms with van der Waals surface area (Å²) in [6.07, 6.45) is 2.29. The lowest BCUT2D eigenvalue weighted by atomic mass is 10.2. The Morgan fingerprint density at radius 3 is 2.22 bits per heavy atom. The maximum Gasteiger partial charge on any atom is 0.0233 e. The van der Waals surface area contributed by atoms with Gasteiger partial charge < -0.3 is 10.6 Å². The van der Waals surface area contributed by atoms with Crippen LogP contribution in [0, 0.1) is 0 Å². The summed E-state index contributed by atoms with van der Waals surface area (Å²) in [5.74, 6) is 0. The fourth-order valence-electron chi connectivity index (χ4n) is 2.04. The summed E-state index contributed by atoms with van der Waals surface area (Å²) in [5.41, 5.74) is 7.00. The van der Waals surface area contributed by atoms with Crippen molar-refractivity contribution < 1.29 is 0 Å². The highest BCUT2D eigenvalue weighted by Gasteiger charge is 2.05. The third kappa shape index (κ3) is 6.74. The highest BCUT2D eigenvalue weighted by molar-refractivity contribution is 5.14. The minimum atomic E-state index is 0.777. The molecule has 0 heterocycles. The molecular formula is C15H27N3. The van der Waals surface area contributed by atoms with Crippen LogP contribution in [-0.2, 0) is 6.54 Å². The summed E-state index contributed by atoms with van der Waals surface area (Å²) in [6.45, 7) is 5.20. The average Bonchev–Trinajstić information content (AvgIpc) is 2.36. The standard InChI is InChI=1S/C15H27N3/c1-17(2)11-7-13-18(12-6-10-16)14-15-8-4-3-5-9-15/h3-5,8-9H,6-7,10-14,16H2,1-2H3. The molecule has 3 heteroatoms. The van der Waals surface area contributed by atoms with E-state index in [0.717, 1.165) is 39.1 Å². The number of hydrogen-bond donors (Lipinski definition) is 1. The molecule has 0 fully saturated rings. The van der Waals surface area contributed by atoms with E-state index in [4.69, 9.17) is 5.73 Å². The summed E-state index contributed by atoms with van der Waals surface area (Å²) in [7, 11) is 4.25. The molecule has 0 bridgehead atoms. The van der Waals surface area contributed by atoms with Crippen LogP contribution in [0.2, 0.25) is 0 Å². The Bertz CT molecular complexity index is 298. The van der Waals surface area contributed by atoms with Gasteiger partial charge in [-0.05, 0) is 58.7 Å². The van der Waals surface area contributed by atoms with Crippen molar-refractivity contribution in [3.8, 4) is 0 Å². The molecule has 1 aromatic rings. The Morgan fingerprint density at radius 2 is 1.61 bits per heavy atom. The first-order chi connectivity index (χ1) is 8.72. The zero-order valence-corrected chi connectivity index (χ0v) is 11.8. The van der Waals surface area contributed by atoms with Gasteiger partial charge in [0.2, 0.25) is 0 Å². The van der Waals surface area contributed by atoms with Crippen molar-refractivity contribution in [2.24, 2.45) is 5.73 Å². The predicted octanol–water partition coefficient (Wildman–Crippen LogP) is 1.79. The number of nitrogens with zero attached hydrogens (tertiary/aromatic N) is 2. The molecule has 0 radical (unpaired) electrons. The summed E-state index contributed by atoms with van der Waals surface area (Å²) in [5, 5.41) is 0. The van der Waals surface area contributed by atoms with Crippen molar-refractivity contribution in [2.75, 3.05) is 40.3 Å². The van der Waals surface area contributed by atoms with Crippen LogP contribution in [0.5, 0.6) is 0 Å². The number of rotatable bonds is 9. The summed E-state index contributed by atoms with van der Waals surface area (Å²) >= 11 is 0. The lowest BCUT2D eigenvalue weighted by Gasteiger charge is -2.23. The van der Waals surface area contributed by atoms with Crippen LogP contribution in [0.3, 0.4) is 0 Å². The molecule has 2 N–H and O–H groups in total. The van der Waals surface area contributed by atoms with Crippen LogP contribution in [0.25, 0.3) is 0 Å². The van der Waals surface area contributed by atoms with Gasteiger partial charge in [-0.3, -0.25) is 4.90 Å². The molecule has 102 valence electrons. The van der Waals surface area contributed by atoms with Crippen LogP contribution >= 0.6 is 0 Å². The van der Waals surface area contributed by atoms with Crippen LogP contribution in [0.1, 0.15) is 18.4 Å². The lowest BCUT2D eigenvalue weighted by molar-refractivity contribution is 0.246. The summed E-state index contributed by atoms with van der Waals surface area (Å²) in [6, 6.07) is 10.7. The predicted molar refractivity (Wildman–Crippen MR) is 78.6 cm³/mol. The highest BCUT2D eigenvalue weighted by atomic mass is 15.1. The molecule has 0 aromatic heterocycles. The quantitative estimate of drug-likeness (QED) is 0.724. The van der Waals surface area contributed by atoms with E-state index >= 15 is 0 Å².